The molecule has 0 atom stereocenters. The van der Waals surface area contributed by atoms with Crippen molar-refractivity contribution in [3.63, 3.8) is 0 Å². The van der Waals surface area contributed by atoms with Crippen molar-refractivity contribution in [2.45, 2.75) is 31.6 Å². The molecule has 0 saturated carbocycles. The molecule has 1 fully saturated rings. The van der Waals surface area contributed by atoms with Gasteiger partial charge in [-0.05, 0) is 44.5 Å². The van der Waals surface area contributed by atoms with Crippen molar-refractivity contribution in [3.8, 4) is 6.07 Å². The molecule has 1 aliphatic rings. The van der Waals surface area contributed by atoms with Gasteiger partial charge < -0.3 is 15.2 Å². The maximum atomic E-state index is 12.2. The molecule has 0 aliphatic carbocycles. The largest absolute Gasteiger partial charge is 0.338 e. The summed E-state index contributed by atoms with van der Waals surface area (Å²) in [7, 11) is 0. The van der Waals surface area contributed by atoms with Crippen LogP contribution in [0.3, 0.4) is 0 Å². The number of aromatic nitrogens is 2. The number of hydrogen-bond acceptors (Lipinski definition) is 6. The molecule has 2 aromatic rings. The molecule has 3 rings (SSSR count). The van der Waals surface area contributed by atoms with Gasteiger partial charge in [-0.2, -0.15) is 10.2 Å². The van der Waals surface area contributed by atoms with Crippen LogP contribution in [0.25, 0.3) is 0 Å². The van der Waals surface area contributed by atoms with Gasteiger partial charge in [-0.3, -0.25) is 4.79 Å². The van der Waals surface area contributed by atoms with E-state index in [2.05, 4.69) is 26.8 Å². The van der Waals surface area contributed by atoms with Crippen LogP contribution in [0.4, 0.5) is 5.69 Å². The van der Waals surface area contributed by atoms with Crippen LogP contribution in [0, 0.1) is 18.3 Å². The lowest BCUT2D eigenvalue weighted by Crippen LogP contribution is -2.39. The number of aryl methyl sites for hydroxylation is 1. The Hall–Kier alpha value is -2.72. The number of carbonyl (C=O) groups is 1. The smallest absolute Gasteiger partial charge is 0.247 e. The number of amides is 1. The summed E-state index contributed by atoms with van der Waals surface area (Å²) in [5.74, 6) is 0.391. The zero-order valence-electron chi connectivity index (χ0n) is 13.5. The molecular formula is C17H19N5O2. The van der Waals surface area contributed by atoms with Crippen molar-refractivity contribution in [2.75, 3.05) is 18.4 Å². The first kappa shape index (κ1) is 16.1. The summed E-state index contributed by atoms with van der Waals surface area (Å²) in [6.07, 6.45) is 1.26. The monoisotopic (exact) mass is 325 g/mol. The number of nitrogens with zero attached hydrogens (tertiary/aromatic N) is 3. The van der Waals surface area contributed by atoms with Crippen molar-refractivity contribution in [2.24, 2.45) is 0 Å². The molecule has 1 aliphatic heterocycles. The molecule has 0 unspecified atom stereocenters. The third-order valence-electron chi connectivity index (χ3n) is 4.29. The van der Waals surface area contributed by atoms with Crippen molar-refractivity contribution < 1.29 is 9.32 Å². The Morgan fingerprint density at radius 3 is 2.88 bits per heavy atom. The van der Waals surface area contributed by atoms with Crippen molar-refractivity contribution in [1.82, 2.24) is 15.5 Å². The standard InChI is InChI=1S/C17H19N5O2/c1-12-4-2-3-5-13(12)20-15(23)10-14-21-16(24-22-14)17(11-18)6-8-19-9-7-17/h2-5,19H,6-10H2,1H3,(H,20,23). The van der Waals surface area contributed by atoms with Gasteiger partial charge in [-0.15, -0.1) is 0 Å². The predicted octanol–water partition coefficient (Wildman–Crippen LogP) is 1.70. The van der Waals surface area contributed by atoms with Crippen LogP contribution in [0.2, 0.25) is 0 Å². The lowest BCUT2D eigenvalue weighted by Gasteiger charge is -2.27. The van der Waals surface area contributed by atoms with Crippen LogP contribution in [0.15, 0.2) is 28.8 Å². The Balaban J connectivity index is 1.69. The van der Waals surface area contributed by atoms with Gasteiger partial charge in [-0.1, -0.05) is 23.4 Å². The average molecular weight is 325 g/mol. The van der Waals surface area contributed by atoms with Gasteiger partial charge in [0, 0.05) is 5.69 Å². The number of rotatable bonds is 4. The summed E-state index contributed by atoms with van der Waals surface area (Å²) < 4.78 is 5.28. The molecule has 2 N–H and O–H groups in total. The normalized spacial score (nSPS) is 16.3. The van der Waals surface area contributed by atoms with E-state index in [9.17, 15) is 10.1 Å². The van der Waals surface area contributed by atoms with E-state index in [0.29, 0.717) is 24.6 Å². The number of benzene rings is 1. The Bertz CT molecular complexity index is 771. The second-order valence-corrected chi connectivity index (χ2v) is 6.00. The molecule has 7 heteroatoms. The van der Waals surface area contributed by atoms with E-state index in [1.807, 2.05) is 31.2 Å². The first-order valence-corrected chi connectivity index (χ1v) is 7.93. The van der Waals surface area contributed by atoms with Gasteiger partial charge in [0.1, 0.15) is 5.41 Å². The summed E-state index contributed by atoms with van der Waals surface area (Å²) >= 11 is 0. The predicted molar refractivity (Wildman–Crippen MR) is 87.2 cm³/mol. The molecule has 0 spiro atoms. The second-order valence-electron chi connectivity index (χ2n) is 6.00. The fourth-order valence-electron chi connectivity index (χ4n) is 2.80. The van der Waals surface area contributed by atoms with Crippen LogP contribution >= 0.6 is 0 Å². The van der Waals surface area contributed by atoms with Crippen LogP contribution in [0.1, 0.15) is 30.1 Å². The topological polar surface area (TPSA) is 104 Å². The van der Waals surface area contributed by atoms with Gasteiger partial charge >= 0.3 is 0 Å². The highest BCUT2D eigenvalue weighted by Gasteiger charge is 2.39. The molecule has 7 nitrogen and oxygen atoms in total. The van der Waals surface area contributed by atoms with Gasteiger partial charge in [0.25, 0.3) is 0 Å². The van der Waals surface area contributed by atoms with Crippen LogP contribution in [-0.4, -0.2) is 29.1 Å². The minimum atomic E-state index is -0.747. The Morgan fingerprint density at radius 2 is 2.17 bits per heavy atom. The molecule has 1 saturated heterocycles. The van der Waals surface area contributed by atoms with E-state index < -0.39 is 5.41 Å². The second kappa shape index (κ2) is 6.81. The van der Waals surface area contributed by atoms with Crippen molar-refractivity contribution in [1.29, 1.82) is 5.26 Å². The highest BCUT2D eigenvalue weighted by molar-refractivity contribution is 5.92. The fraction of sp³-hybridized carbons (Fsp3) is 0.412. The molecule has 124 valence electrons. The lowest BCUT2D eigenvalue weighted by molar-refractivity contribution is -0.115. The third-order valence-corrected chi connectivity index (χ3v) is 4.29. The van der Waals surface area contributed by atoms with Crippen molar-refractivity contribution >= 4 is 11.6 Å². The summed E-state index contributed by atoms with van der Waals surface area (Å²) in [5.41, 5.74) is 0.999. The number of nitrogens with one attached hydrogen (secondary N) is 2. The number of nitriles is 1. The summed E-state index contributed by atoms with van der Waals surface area (Å²) in [4.78, 5) is 16.5. The molecule has 1 aromatic carbocycles. The van der Waals surface area contributed by atoms with E-state index >= 15 is 0 Å². The minimum Gasteiger partial charge on any atom is -0.338 e. The molecule has 24 heavy (non-hydrogen) atoms. The summed E-state index contributed by atoms with van der Waals surface area (Å²) in [6, 6.07) is 9.86. The van der Waals surface area contributed by atoms with Crippen molar-refractivity contribution in [3.05, 3.63) is 41.5 Å². The number of hydrogen-bond donors (Lipinski definition) is 2. The Labute approximate surface area is 140 Å². The fourth-order valence-corrected chi connectivity index (χ4v) is 2.80. The SMILES string of the molecule is Cc1ccccc1NC(=O)Cc1noc(C2(C#N)CCNCC2)n1. The quantitative estimate of drug-likeness (QED) is 0.887. The zero-order valence-corrected chi connectivity index (χ0v) is 13.5. The van der Waals surface area contributed by atoms with E-state index in [4.69, 9.17) is 4.52 Å². The number of carbonyl (C=O) groups excluding carboxylic acids is 1. The van der Waals surface area contributed by atoms with E-state index in [0.717, 1.165) is 24.3 Å². The zero-order chi connectivity index (χ0) is 17.0. The molecule has 2 heterocycles. The van der Waals surface area contributed by atoms with Gasteiger partial charge in [0.15, 0.2) is 5.82 Å². The average Bonchev–Trinajstić information content (AvgIpc) is 3.06. The van der Waals surface area contributed by atoms with Crippen LogP contribution in [-0.2, 0) is 16.6 Å². The maximum absolute atomic E-state index is 12.2. The molecule has 0 radical (unpaired) electrons. The lowest BCUT2D eigenvalue weighted by atomic mass is 9.80. The third kappa shape index (κ3) is 3.29. The van der Waals surface area contributed by atoms with Crippen LogP contribution in [0.5, 0.6) is 0 Å². The van der Waals surface area contributed by atoms with Gasteiger partial charge in [0.05, 0.1) is 12.5 Å². The Morgan fingerprint density at radius 1 is 1.42 bits per heavy atom. The van der Waals surface area contributed by atoms with E-state index in [1.54, 1.807) is 0 Å². The number of anilines is 1. The maximum Gasteiger partial charge on any atom is 0.247 e. The first-order chi connectivity index (χ1) is 11.6. The summed E-state index contributed by atoms with van der Waals surface area (Å²) in [6.45, 7) is 3.40. The van der Waals surface area contributed by atoms with Crippen LogP contribution < -0.4 is 10.6 Å². The molecular weight excluding hydrogens is 306 g/mol. The highest BCUT2D eigenvalue weighted by atomic mass is 16.5. The molecule has 0 bridgehead atoms. The van der Waals surface area contributed by atoms with Gasteiger partial charge in [0.2, 0.25) is 11.8 Å². The first-order valence-electron chi connectivity index (χ1n) is 7.93. The van der Waals surface area contributed by atoms with E-state index in [1.165, 1.54) is 0 Å². The number of para-hydroxylation sites is 1. The molecule has 1 amide bonds. The number of piperidine rings is 1. The van der Waals surface area contributed by atoms with Gasteiger partial charge in [-0.25, -0.2) is 0 Å². The Kier molecular flexibility index (Phi) is 4.58. The highest BCUT2D eigenvalue weighted by Crippen LogP contribution is 2.31. The molecule has 1 aromatic heterocycles. The van der Waals surface area contributed by atoms with E-state index in [-0.39, 0.29) is 12.3 Å². The minimum absolute atomic E-state index is 0.0115. The summed E-state index contributed by atoms with van der Waals surface area (Å²) in [5, 5.41) is 19.4.